The van der Waals surface area contributed by atoms with Crippen LogP contribution in [0.15, 0.2) is 24.3 Å². The second-order valence-electron chi connectivity index (χ2n) is 4.52. The molecule has 0 unspecified atom stereocenters. The molecular formula is C13H17NO. The smallest absolute Gasteiger partial charge is 0.223 e. The van der Waals surface area contributed by atoms with E-state index in [4.69, 9.17) is 0 Å². The van der Waals surface area contributed by atoms with Crippen LogP contribution in [0.25, 0.3) is 0 Å². The SMILES string of the molecule is Cc1ccc([C@@H]2[C@H](C)NC(=O)[C@H]2C)cc1. The van der Waals surface area contributed by atoms with Crippen molar-refractivity contribution in [2.45, 2.75) is 32.7 Å². The molecule has 0 spiro atoms. The number of hydrogen-bond acceptors (Lipinski definition) is 1. The van der Waals surface area contributed by atoms with Crippen LogP contribution < -0.4 is 5.32 Å². The first-order valence-corrected chi connectivity index (χ1v) is 5.46. The van der Waals surface area contributed by atoms with Crippen LogP contribution in [-0.4, -0.2) is 11.9 Å². The lowest BCUT2D eigenvalue weighted by Crippen LogP contribution is -2.24. The van der Waals surface area contributed by atoms with Crippen molar-refractivity contribution in [1.82, 2.24) is 5.32 Å². The third kappa shape index (κ3) is 1.76. The standard InChI is InChI=1S/C13H17NO/c1-8-4-6-11(7-5-8)12-9(2)13(15)14-10(12)3/h4-7,9-10,12H,1-3H3,(H,14,15)/t9-,10-,12-/m0/s1. The molecule has 3 atom stereocenters. The van der Waals surface area contributed by atoms with Crippen LogP contribution in [0.5, 0.6) is 0 Å². The Morgan fingerprint density at radius 2 is 1.73 bits per heavy atom. The van der Waals surface area contributed by atoms with E-state index in [0.29, 0.717) is 5.92 Å². The van der Waals surface area contributed by atoms with Gasteiger partial charge in [0.15, 0.2) is 0 Å². The molecule has 0 radical (unpaired) electrons. The summed E-state index contributed by atoms with van der Waals surface area (Å²) in [5.41, 5.74) is 2.52. The highest BCUT2D eigenvalue weighted by Gasteiger charge is 2.37. The van der Waals surface area contributed by atoms with Gasteiger partial charge in [0.1, 0.15) is 0 Å². The van der Waals surface area contributed by atoms with Crippen molar-refractivity contribution in [2.75, 3.05) is 0 Å². The molecule has 1 aromatic carbocycles. The molecule has 1 amide bonds. The van der Waals surface area contributed by atoms with Gasteiger partial charge in [-0.15, -0.1) is 0 Å². The fourth-order valence-corrected chi connectivity index (χ4v) is 2.41. The van der Waals surface area contributed by atoms with Crippen LogP contribution in [0.3, 0.4) is 0 Å². The maximum absolute atomic E-state index is 11.5. The zero-order chi connectivity index (χ0) is 11.0. The van der Waals surface area contributed by atoms with E-state index in [1.165, 1.54) is 11.1 Å². The molecule has 1 N–H and O–H groups in total. The molecule has 0 aliphatic carbocycles. The average molecular weight is 203 g/mol. The lowest BCUT2D eigenvalue weighted by Gasteiger charge is -2.18. The van der Waals surface area contributed by atoms with Crippen molar-refractivity contribution in [1.29, 1.82) is 0 Å². The minimum absolute atomic E-state index is 0.0858. The number of carbonyl (C=O) groups excluding carboxylic acids is 1. The fraction of sp³-hybridized carbons (Fsp3) is 0.462. The number of amides is 1. The maximum Gasteiger partial charge on any atom is 0.223 e. The van der Waals surface area contributed by atoms with E-state index < -0.39 is 0 Å². The summed E-state index contributed by atoms with van der Waals surface area (Å²) in [5, 5.41) is 2.99. The largest absolute Gasteiger partial charge is 0.353 e. The monoisotopic (exact) mass is 203 g/mol. The van der Waals surface area contributed by atoms with Gasteiger partial charge in [-0.05, 0) is 19.4 Å². The summed E-state index contributed by atoms with van der Waals surface area (Å²) in [4.78, 5) is 11.5. The van der Waals surface area contributed by atoms with Crippen LogP contribution >= 0.6 is 0 Å². The first-order valence-electron chi connectivity index (χ1n) is 5.46. The van der Waals surface area contributed by atoms with Gasteiger partial charge in [-0.3, -0.25) is 4.79 Å². The number of benzene rings is 1. The Kier molecular flexibility index (Phi) is 2.51. The number of hydrogen-bond donors (Lipinski definition) is 1. The van der Waals surface area contributed by atoms with Crippen molar-refractivity contribution in [3.63, 3.8) is 0 Å². The van der Waals surface area contributed by atoms with E-state index in [1.54, 1.807) is 0 Å². The number of nitrogens with one attached hydrogen (secondary N) is 1. The van der Waals surface area contributed by atoms with Gasteiger partial charge >= 0.3 is 0 Å². The zero-order valence-electron chi connectivity index (χ0n) is 9.45. The maximum atomic E-state index is 11.5. The molecule has 1 saturated heterocycles. The quantitative estimate of drug-likeness (QED) is 0.745. The highest BCUT2D eigenvalue weighted by molar-refractivity contribution is 5.82. The van der Waals surface area contributed by atoms with E-state index in [0.717, 1.165) is 0 Å². The van der Waals surface area contributed by atoms with Crippen molar-refractivity contribution in [2.24, 2.45) is 5.92 Å². The minimum Gasteiger partial charge on any atom is -0.353 e. The summed E-state index contributed by atoms with van der Waals surface area (Å²) in [6.45, 7) is 6.16. The molecule has 1 heterocycles. The summed E-state index contributed by atoms with van der Waals surface area (Å²) in [5.74, 6) is 0.578. The molecule has 80 valence electrons. The van der Waals surface area contributed by atoms with Gasteiger partial charge in [-0.25, -0.2) is 0 Å². The van der Waals surface area contributed by atoms with Gasteiger partial charge in [0.2, 0.25) is 5.91 Å². The lowest BCUT2D eigenvalue weighted by molar-refractivity contribution is -0.122. The van der Waals surface area contributed by atoms with E-state index >= 15 is 0 Å². The molecular weight excluding hydrogens is 186 g/mol. The normalized spacial score (nSPS) is 30.3. The number of aryl methyl sites for hydroxylation is 1. The second kappa shape index (κ2) is 3.69. The topological polar surface area (TPSA) is 29.1 Å². The molecule has 15 heavy (non-hydrogen) atoms. The third-order valence-corrected chi connectivity index (χ3v) is 3.32. The van der Waals surface area contributed by atoms with Crippen LogP contribution in [0.1, 0.15) is 30.9 Å². The molecule has 1 aliphatic heterocycles. The highest BCUT2D eigenvalue weighted by atomic mass is 16.2. The Labute approximate surface area is 90.7 Å². The van der Waals surface area contributed by atoms with E-state index in [1.807, 2.05) is 6.92 Å². The van der Waals surface area contributed by atoms with E-state index in [2.05, 4.69) is 43.4 Å². The first-order chi connectivity index (χ1) is 7.09. The van der Waals surface area contributed by atoms with Crippen molar-refractivity contribution in [3.8, 4) is 0 Å². The Bertz CT molecular complexity index is 369. The van der Waals surface area contributed by atoms with Crippen LogP contribution in [-0.2, 0) is 4.79 Å². The molecule has 1 fully saturated rings. The van der Waals surface area contributed by atoms with Crippen LogP contribution in [0.2, 0.25) is 0 Å². The van der Waals surface area contributed by atoms with E-state index in [-0.39, 0.29) is 17.9 Å². The summed E-state index contributed by atoms with van der Waals surface area (Å²) >= 11 is 0. The zero-order valence-corrected chi connectivity index (χ0v) is 9.45. The molecule has 2 nitrogen and oxygen atoms in total. The molecule has 0 aromatic heterocycles. The minimum atomic E-state index is 0.0858. The first kappa shape index (κ1) is 10.2. The molecule has 0 bridgehead atoms. The average Bonchev–Trinajstić information content (AvgIpc) is 2.44. The third-order valence-electron chi connectivity index (χ3n) is 3.32. The number of carbonyl (C=O) groups is 1. The van der Waals surface area contributed by atoms with Gasteiger partial charge in [0.05, 0.1) is 0 Å². The highest BCUT2D eigenvalue weighted by Crippen LogP contribution is 2.33. The van der Waals surface area contributed by atoms with Crippen molar-refractivity contribution in [3.05, 3.63) is 35.4 Å². The Morgan fingerprint density at radius 1 is 1.13 bits per heavy atom. The van der Waals surface area contributed by atoms with Crippen molar-refractivity contribution >= 4 is 5.91 Å². The summed E-state index contributed by atoms with van der Waals surface area (Å²) < 4.78 is 0. The van der Waals surface area contributed by atoms with Crippen LogP contribution in [0, 0.1) is 12.8 Å². The van der Waals surface area contributed by atoms with Gasteiger partial charge < -0.3 is 5.32 Å². The van der Waals surface area contributed by atoms with Gasteiger partial charge in [-0.1, -0.05) is 36.8 Å². The second-order valence-corrected chi connectivity index (χ2v) is 4.52. The predicted octanol–water partition coefficient (Wildman–Crippen LogP) is 2.23. The van der Waals surface area contributed by atoms with Gasteiger partial charge in [-0.2, -0.15) is 0 Å². The summed E-state index contributed by atoms with van der Waals surface area (Å²) in [6.07, 6.45) is 0. The summed E-state index contributed by atoms with van der Waals surface area (Å²) in [7, 11) is 0. The Balaban J connectivity index is 2.30. The molecule has 2 rings (SSSR count). The van der Waals surface area contributed by atoms with Crippen molar-refractivity contribution < 1.29 is 4.79 Å². The predicted molar refractivity (Wildman–Crippen MR) is 60.7 cm³/mol. The molecule has 1 aromatic rings. The molecule has 1 aliphatic rings. The van der Waals surface area contributed by atoms with Gasteiger partial charge in [0, 0.05) is 17.9 Å². The molecule has 2 heteroatoms. The lowest BCUT2D eigenvalue weighted by atomic mass is 9.85. The Morgan fingerprint density at radius 3 is 2.20 bits per heavy atom. The fourth-order valence-electron chi connectivity index (χ4n) is 2.41. The molecule has 0 saturated carbocycles. The van der Waals surface area contributed by atoms with E-state index in [9.17, 15) is 4.79 Å². The Hall–Kier alpha value is -1.31. The summed E-state index contributed by atoms with van der Waals surface area (Å²) in [6, 6.07) is 8.73. The number of rotatable bonds is 1. The van der Waals surface area contributed by atoms with Gasteiger partial charge in [0.25, 0.3) is 0 Å². The van der Waals surface area contributed by atoms with Crippen LogP contribution in [0.4, 0.5) is 0 Å².